The predicted molar refractivity (Wildman–Crippen MR) is 74.7 cm³/mol. The molecule has 104 valence electrons. The van der Waals surface area contributed by atoms with E-state index in [-0.39, 0.29) is 6.10 Å². The van der Waals surface area contributed by atoms with Gasteiger partial charge in [0.2, 0.25) is 0 Å². The van der Waals surface area contributed by atoms with Gasteiger partial charge in [0.1, 0.15) is 0 Å². The second-order valence-electron chi connectivity index (χ2n) is 4.27. The Hall–Kier alpha value is -1.97. The minimum absolute atomic E-state index is 0.0540. The van der Waals surface area contributed by atoms with E-state index in [4.69, 9.17) is 14.6 Å². The molecule has 0 spiro atoms. The van der Waals surface area contributed by atoms with Gasteiger partial charge in [0.25, 0.3) is 0 Å². The molecule has 0 saturated heterocycles. The van der Waals surface area contributed by atoms with Crippen molar-refractivity contribution in [2.75, 3.05) is 7.11 Å². The third kappa shape index (κ3) is 4.66. The third-order valence-electron chi connectivity index (χ3n) is 2.65. The molecule has 1 N–H and O–H groups in total. The van der Waals surface area contributed by atoms with E-state index in [9.17, 15) is 4.79 Å². The summed E-state index contributed by atoms with van der Waals surface area (Å²) in [6.45, 7) is 4.08. The van der Waals surface area contributed by atoms with E-state index >= 15 is 0 Å². The smallest absolute Gasteiger partial charge is 0.328 e. The number of hydrogen-bond donors (Lipinski definition) is 1. The van der Waals surface area contributed by atoms with E-state index in [1.807, 2.05) is 6.92 Å². The number of aliphatic carboxylic acids is 1. The molecule has 1 unspecified atom stereocenters. The van der Waals surface area contributed by atoms with Crippen molar-refractivity contribution in [1.29, 1.82) is 0 Å². The van der Waals surface area contributed by atoms with Gasteiger partial charge < -0.3 is 14.6 Å². The Morgan fingerprint density at radius 3 is 2.79 bits per heavy atom. The monoisotopic (exact) mass is 264 g/mol. The normalized spacial score (nSPS) is 12.4. The highest BCUT2D eigenvalue weighted by molar-refractivity contribution is 5.86. The van der Waals surface area contributed by atoms with Crippen LogP contribution in [0.5, 0.6) is 11.5 Å². The lowest BCUT2D eigenvalue weighted by Gasteiger charge is -2.18. The lowest BCUT2D eigenvalue weighted by atomic mass is 10.1. The molecule has 0 aliphatic heterocycles. The Bertz CT molecular complexity index is 451. The van der Waals surface area contributed by atoms with Crippen LogP contribution in [0.15, 0.2) is 24.3 Å². The largest absolute Gasteiger partial charge is 0.493 e. The highest BCUT2D eigenvalue weighted by Crippen LogP contribution is 2.33. The van der Waals surface area contributed by atoms with Crippen LogP contribution in [-0.4, -0.2) is 24.3 Å². The first-order valence-electron chi connectivity index (χ1n) is 6.33. The van der Waals surface area contributed by atoms with E-state index in [0.29, 0.717) is 17.1 Å². The van der Waals surface area contributed by atoms with Gasteiger partial charge in [0.05, 0.1) is 13.2 Å². The van der Waals surface area contributed by atoms with Gasteiger partial charge in [-0.1, -0.05) is 25.5 Å². The number of methoxy groups -OCH3 is 1. The number of rotatable bonds is 7. The van der Waals surface area contributed by atoms with Crippen LogP contribution in [0.4, 0.5) is 0 Å². The van der Waals surface area contributed by atoms with Crippen LogP contribution in [0.1, 0.15) is 32.3 Å². The van der Waals surface area contributed by atoms with E-state index < -0.39 is 5.97 Å². The molecular formula is C15H20O4. The van der Waals surface area contributed by atoms with E-state index in [1.165, 1.54) is 6.08 Å². The first kappa shape index (κ1) is 15.1. The van der Waals surface area contributed by atoms with Gasteiger partial charge in [0.15, 0.2) is 11.5 Å². The number of carbonyl (C=O) groups is 1. The summed E-state index contributed by atoms with van der Waals surface area (Å²) in [4.78, 5) is 10.6. The Morgan fingerprint density at radius 2 is 2.21 bits per heavy atom. The number of hydrogen-bond acceptors (Lipinski definition) is 3. The second-order valence-corrected chi connectivity index (χ2v) is 4.27. The van der Waals surface area contributed by atoms with Crippen LogP contribution in [0.2, 0.25) is 0 Å². The fourth-order valence-electron chi connectivity index (χ4n) is 1.78. The maximum Gasteiger partial charge on any atom is 0.328 e. The number of carboxylic acids is 1. The number of carboxylic acid groups (broad SMARTS) is 1. The number of benzene rings is 1. The van der Waals surface area contributed by atoms with Crippen LogP contribution < -0.4 is 9.47 Å². The molecule has 4 heteroatoms. The molecule has 1 aromatic carbocycles. The highest BCUT2D eigenvalue weighted by Gasteiger charge is 2.12. The van der Waals surface area contributed by atoms with E-state index in [2.05, 4.69) is 6.92 Å². The summed E-state index contributed by atoms with van der Waals surface area (Å²) in [5, 5.41) is 8.70. The molecule has 0 bridgehead atoms. The van der Waals surface area contributed by atoms with E-state index in [0.717, 1.165) is 18.9 Å². The van der Waals surface area contributed by atoms with Crippen LogP contribution >= 0.6 is 0 Å². The molecule has 0 saturated carbocycles. The van der Waals surface area contributed by atoms with Crippen LogP contribution in [0, 0.1) is 0 Å². The summed E-state index contributed by atoms with van der Waals surface area (Å²) in [6, 6.07) is 5.40. The molecule has 0 heterocycles. The lowest BCUT2D eigenvalue weighted by molar-refractivity contribution is -0.131. The zero-order chi connectivity index (χ0) is 14.3. The molecule has 1 atom stereocenters. The fourth-order valence-corrected chi connectivity index (χ4v) is 1.78. The van der Waals surface area contributed by atoms with Gasteiger partial charge in [0, 0.05) is 11.6 Å². The SMILES string of the molecule is CCCC(C)Oc1c(/C=C/C(=O)O)cccc1OC. The third-order valence-corrected chi connectivity index (χ3v) is 2.65. The van der Waals surface area contributed by atoms with Crippen molar-refractivity contribution in [3.63, 3.8) is 0 Å². The van der Waals surface area contributed by atoms with Crippen molar-refractivity contribution in [1.82, 2.24) is 0 Å². The predicted octanol–water partition coefficient (Wildman–Crippen LogP) is 3.36. The van der Waals surface area contributed by atoms with Crippen molar-refractivity contribution in [2.24, 2.45) is 0 Å². The van der Waals surface area contributed by atoms with Crippen molar-refractivity contribution in [3.8, 4) is 11.5 Å². The molecule has 19 heavy (non-hydrogen) atoms. The van der Waals surface area contributed by atoms with Crippen molar-refractivity contribution < 1.29 is 19.4 Å². The highest BCUT2D eigenvalue weighted by atomic mass is 16.5. The van der Waals surface area contributed by atoms with Gasteiger partial charge in [-0.2, -0.15) is 0 Å². The minimum atomic E-state index is -0.990. The van der Waals surface area contributed by atoms with Gasteiger partial charge in [-0.25, -0.2) is 4.79 Å². The molecule has 1 rings (SSSR count). The fraction of sp³-hybridized carbons (Fsp3) is 0.400. The quantitative estimate of drug-likeness (QED) is 0.767. The zero-order valence-electron chi connectivity index (χ0n) is 11.6. The summed E-state index contributed by atoms with van der Waals surface area (Å²) >= 11 is 0. The van der Waals surface area contributed by atoms with Crippen LogP contribution in [-0.2, 0) is 4.79 Å². The maximum atomic E-state index is 10.6. The standard InChI is InChI=1S/C15H20O4/c1-4-6-11(2)19-15-12(9-10-14(16)17)7-5-8-13(15)18-3/h5,7-11H,4,6H2,1-3H3,(H,16,17)/b10-9+. The molecule has 4 nitrogen and oxygen atoms in total. The zero-order valence-corrected chi connectivity index (χ0v) is 11.6. The molecule has 0 radical (unpaired) electrons. The summed E-state index contributed by atoms with van der Waals surface area (Å²) in [5.41, 5.74) is 0.699. The van der Waals surface area contributed by atoms with Gasteiger partial charge in [-0.05, 0) is 25.5 Å². The molecule has 0 aliphatic carbocycles. The average molecular weight is 264 g/mol. The number of ether oxygens (including phenoxy) is 2. The molecule has 1 aromatic rings. The Labute approximate surface area is 113 Å². The van der Waals surface area contributed by atoms with Crippen LogP contribution in [0.3, 0.4) is 0 Å². The Morgan fingerprint density at radius 1 is 1.47 bits per heavy atom. The Kier molecular flexibility index (Phi) is 5.93. The molecule has 0 aromatic heterocycles. The first-order chi connectivity index (χ1) is 9.08. The first-order valence-corrected chi connectivity index (χ1v) is 6.33. The molecule has 0 aliphatic rings. The lowest BCUT2D eigenvalue weighted by Crippen LogP contribution is -2.12. The van der Waals surface area contributed by atoms with Crippen molar-refractivity contribution in [3.05, 3.63) is 29.8 Å². The molecular weight excluding hydrogens is 244 g/mol. The van der Waals surface area contributed by atoms with E-state index in [1.54, 1.807) is 25.3 Å². The van der Waals surface area contributed by atoms with Crippen molar-refractivity contribution in [2.45, 2.75) is 32.8 Å². The summed E-state index contributed by atoms with van der Waals surface area (Å²) in [6.07, 6.45) is 4.61. The molecule has 0 amide bonds. The van der Waals surface area contributed by atoms with Gasteiger partial charge in [-0.3, -0.25) is 0 Å². The molecule has 0 fully saturated rings. The Balaban J connectivity index is 3.05. The van der Waals surface area contributed by atoms with Crippen LogP contribution in [0.25, 0.3) is 6.08 Å². The minimum Gasteiger partial charge on any atom is -0.493 e. The topological polar surface area (TPSA) is 55.8 Å². The number of para-hydroxylation sites is 1. The summed E-state index contributed by atoms with van der Waals surface area (Å²) in [5.74, 6) is 0.203. The van der Waals surface area contributed by atoms with Gasteiger partial charge >= 0.3 is 5.97 Å². The summed E-state index contributed by atoms with van der Waals surface area (Å²) < 4.78 is 11.1. The second kappa shape index (κ2) is 7.46. The van der Waals surface area contributed by atoms with Crippen molar-refractivity contribution >= 4 is 12.0 Å². The maximum absolute atomic E-state index is 10.6. The summed E-state index contributed by atoms with van der Waals surface area (Å²) in [7, 11) is 1.57. The van der Waals surface area contributed by atoms with Gasteiger partial charge in [-0.15, -0.1) is 0 Å². The average Bonchev–Trinajstić information content (AvgIpc) is 2.37.